The summed E-state index contributed by atoms with van der Waals surface area (Å²) in [5.41, 5.74) is 1.29. The highest BCUT2D eigenvalue weighted by molar-refractivity contribution is 7.99. The van der Waals surface area contributed by atoms with Crippen LogP contribution >= 0.6 is 11.8 Å². The Morgan fingerprint density at radius 1 is 1.10 bits per heavy atom. The lowest BCUT2D eigenvalue weighted by molar-refractivity contribution is 0.0995. The Morgan fingerprint density at radius 3 is 2.59 bits per heavy atom. The van der Waals surface area contributed by atoms with Crippen LogP contribution in [0.3, 0.4) is 0 Å². The third kappa shape index (κ3) is 3.97. The molecule has 2 heterocycles. The smallest absolute Gasteiger partial charge is 0.295 e. The first-order valence-corrected chi connectivity index (χ1v) is 9.49. The predicted molar refractivity (Wildman–Crippen MR) is 110 cm³/mol. The van der Waals surface area contributed by atoms with Crippen LogP contribution in [0.1, 0.15) is 10.4 Å². The van der Waals surface area contributed by atoms with Gasteiger partial charge >= 0.3 is 0 Å². The Morgan fingerprint density at radius 2 is 1.86 bits per heavy atom. The second-order valence-corrected chi connectivity index (χ2v) is 7.13. The van der Waals surface area contributed by atoms with Crippen molar-refractivity contribution in [3.63, 3.8) is 0 Å². The molecule has 7 nitrogen and oxygen atoms in total. The van der Waals surface area contributed by atoms with Gasteiger partial charge in [-0.1, -0.05) is 17.8 Å². The van der Waals surface area contributed by atoms with Gasteiger partial charge in [-0.15, -0.1) is 10.2 Å². The van der Waals surface area contributed by atoms with Crippen molar-refractivity contribution in [3.05, 3.63) is 72.6 Å². The largest absolute Gasteiger partial charge is 0.497 e. The number of aromatic hydroxyl groups is 1. The third-order valence-electron chi connectivity index (χ3n) is 4.20. The molecule has 0 unspecified atom stereocenters. The SMILES string of the molecule is COc1ccc(Sc2cccc3[nH]c(O)c(N=NC(=O)c4ccncc4)c23)cc1. The molecule has 0 aliphatic heterocycles. The van der Waals surface area contributed by atoms with Gasteiger partial charge in [0.25, 0.3) is 5.91 Å². The van der Waals surface area contributed by atoms with E-state index in [1.54, 1.807) is 19.2 Å². The summed E-state index contributed by atoms with van der Waals surface area (Å²) in [4.78, 5) is 20.8. The number of ether oxygens (including phenoxy) is 1. The van der Waals surface area contributed by atoms with E-state index in [0.29, 0.717) is 16.5 Å². The number of aromatic amines is 1. The number of amides is 1. The van der Waals surface area contributed by atoms with Crippen molar-refractivity contribution < 1.29 is 14.6 Å². The fourth-order valence-electron chi connectivity index (χ4n) is 2.79. The Kier molecular flexibility index (Phi) is 5.26. The number of H-pyrrole nitrogens is 1. The van der Waals surface area contributed by atoms with Crippen LogP contribution in [0.25, 0.3) is 10.9 Å². The van der Waals surface area contributed by atoms with Crippen molar-refractivity contribution in [2.24, 2.45) is 10.2 Å². The highest BCUT2D eigenvalue weighted by Gasteiger charge is 2.16. The Bertz CT molecular complexity index is 1190. The van der Waals surface area contributed by atoms with Crippen LogP contribution < -0.4 is 4.74 Å². The number of carbonyl (C=O) groups excluding carboxylic acids is 1. The predicted octanol–water partition coefficient (Wildman–Crippen LogP) is 5.35. The lowest BCUT2D eigenvalue weighted by Crippen LogP contribution is -1.92. The summed E-state index contributed by atoms with van der Waals surface area (Å²) in [6, 6.07) is 16.4. The van der Waals surface area contributed by atoms with Gasteiger partial charge in [-0.2, -0.15) is 0 Å². The lowest BCUT2D eigenvalue weighted by atomic mass is 10.2. The number of fused-ring (bicyclic) bond motifs is 1. The molecule has 2 N–H and O–H groups in total. The number of azo groups is 1. The summed E-state index contributed by atoms with van der Waals surface area (Å²) in [6.07, 6.45) is 3.02. The molecule has 4 aromatic rings. The normalized spacial score (nSPS) is 11.2. The van der Waals surface area contributed by atoms with Crippen LogP contribution in [-0.4, -0.2) is 28.1 Å². The van der Waals surface area contributed by atoms with E-state index >= 15 is 0 Å². The number of carbonyl (C=O) groups is 1. The molecule has 0 aliphatic rings. The first-order valence-electron chi connectivity index (χ1n) is 8.67. The van der Waals surface area contributed by atoms with E-state index < -0.39 is 5.91 Å². The van der Waals surface area contributed by atoms with Crippen LogP contribution in [0.15, 0.2) is 87.0 Å². The van der Waals surface area contributed by atoms with E-state index in [9.17, 15) is 9.90 Å². The monoisotopic (exact) mass is 404 g/mol. The molecule has 0 aliphatic carbocycles. The van der Waals surface area contributed by atoms with E-state index in [-0.39, 0.29) is 11.6 Å². The van der Waals surface area contributed by atoms with Crippen molar-refractivity contribution in [1.29, 1.82) is 0 Å². The quantitative estimate of drug-likeness (QED) is 0.437. The summed E-state index contributed by atoms with van der Waals surface area (Å²) in [5, 5.41) is 18.8. The fraction of sp³-hybridized carbons (Fsp3) is 0.0476. The number of hydrogen-bond donors (Lipinski definition) is 2. The molecule has 2 aromatic heterocycles. The Hall–Kier alpha value is -3.65. The second kappa shape index (κ2) is 8.15. The summed E-state index contributed by atoms with van der Waals surface area (Å²) in [6.45, 7) is 0. The number of hydrogen-bond acceptors (Lipinski definition) is 6. The molecule has 144 valence electrons. The van der Waals surface area contributed by atoms with Crippen molar-refractivity contribution in [2.75, 3.05) is 7.11 Å². The zero-order valence-corrected chi connectivity index (χ0v) is 16.2. The van der Waals surface area contributed by atoms with Gasteiger partial charge < -0.3 is 14.8 Å². The zero-order chi connectivity index (χ0) is 20.2. The first-order chi connectivity index (χ1) is 14.2. The van der Waals surface area contributed by atoms with Gasteiger partial charge in [0.15, 0.2) is 5.69 Å². The molecule has 0 saturated heterocycles. The van der Waals surface area contributed by atoms with Crippen LogP contribution in [0.5, 0.6) is 11.6 Å². The first kappa shape index (κ1) is 18.7. The minimum absolute atomic E-state index is 0.144. The maximum atomic E-state index is 12.2. The summed E-state index contributed by atoms with van der Waals surface area (Å²) >= 11 is 1.51. The van der Waals surface area contributed by atoms with Crippen molar-refractivity contribution >= 4 is 34.3 Å². The summed E-state index contributed by atoms with van der Waals surface area (Å²) < 4.78 is 5.19. The van der Waals surface area contributed by atoms with Gasteiger partial charge in [0.2, 0.25) is 5.88 Å². The van der Waals surface area contributed by atoms with Crippen molar-refractivity contribution in [1.82, 2.24) is 9.97 Å². The topological polar surface area (TPSA) is 99.9 Å². The van der Waals surface area contributed by atoms with E-state index in [4.69, 9.17) is 4.74 Å². The molecule has 4 rings (SSSR count). The highest BCUT2D eigenvalue weighted by atomic mass is 32.2. The number of benzene rings is 2. The van der Waals surface area contributed by atoms with E-state index in [2.05, 4.69) is 20.2 Å². The van der Waals surface area contributed by atoms with Gasteiger partial charge in [-0.3, -0.25) is 9.78 Å². The zero-order valence-electron chi connectivity index (χ0n) is 15.4. The molecule has 29 heavy (non-hydrogen) atoms. The van der Waals surface area contributed by atoms with Crippen LogP contribution in [0.4, 0.5) is 5.69 Å². The summed E-state index contributed by atoms with van der Waals surface area (Å²) in [5.74, 6) is 0.117. The van der Waals surface area contributed by atoms with Crippen LogP contribution in [0, 0.1) is 0 Å². The van der Waals surface area contributed by atoms with Gasteiger partial charge in [-0.05, 0) is 48.5 Å². The molecule has 0 atom stereocenters. The molecule has 1 amide bonds. The Balaban J connectivity index is 1.70. The standard InChI is InChI=1S/C21H16N4O3S/c1-28-14-5-7-15(8-6-14)29-17-4-2-3-16-18(17)19(21(27)23-16)24-25-20(26)13-9-11-22-12-10-13/h2-12,23,27H,1H3. The van der Waals surface area contributed by atoms with Gasteiger partial charge in [0.05, 0.1) is 12.6 Å². The fourth-order valence-corrected chi connectivity index (χ4v) is 3.77. The minimum atomic E-state index is -0.513. The van der Waals surface area contributed by atoms with Crippen LogP contribution in [-0.2, 0) is 0 Å². The maximum absolute atomic E-state index is 12.2. The molecule has 0 bridgehead atoms. The highest BCUT2D eigenvalue weighted by Crippen LogP contribution is 2.43. The van der Waals surface area contributed by atoms with Gasteiger partial charge in [0, 0.05) is 33.1 Å². The molecule has 0 saturated carbocycles. The average molecular weight is 404 g/mol. The number of nitrogens with one attached hydrogen (secondary N) is 1. The minimum Gasteiger partial charge on any atom is -0.497 e. The molecular formula is C21H16N4O3S. The molecular weight excluding hydrogens is 388 g/mol. The van der Waals surface area contributed by atoms with Crippen LogP contribution in [0.2, 0.25) is 0 Å². The second-order valence-electron chi connectivity index (χ2n) is 6.02. The molecule has 0 fully saturated rings. The average Bonchev–Trinajstić information content (AvgIpc) is 3.09. The number of nitrogens with zero attached hydrogens (tertiary/aromatic N) is 3. The third-order valence-corrected chi connectivity index (χ3v) is 5.26. The number of rotatable bonds is 5. The number of aromatic nitrogens is 2. The van der Waals surface area contributed by atoms with Crippen molar-refractivity contribution in [2.45, 2.75) is 9.79 Å². The van der Waals surface area contributed by atoms with E-state index in [0.717, 1.165) is 15.5 Å². The lowest BCUT2D eigenvalue weighted by Gasteiger charge is -2.05. The Labute approximate surface area is 170 Å². The molecule has 0 spiro atoms. The molecule has 8 heteroatoms. The number of methoxy groups -OCH3 is 1. The van der Waals surface area contributed by atoms with Gasteiger partial charge in [0.1, 0.15) is 5.75 Å². The van der Waals surface area contributed by atoms with Crippen molar-refractivity contribution in [3.8, 4) is 11.6 Å². The maximum Gasteiger partial charge on any atom is 0.295 e. The molecule has 0 radical (unpaired) electrons. The number of pyridine rings is 1. The van der Waals surface area contributed by atoms with E-state index in [1.807, 2.05) is 42.5 Å². The molecule has 2 aromatic carbocycles. The summed E-state index contributed by atoms with van der Waals surface area (Å²) in [7, 11) is 1.62. The van der Waals surface area contributed by atoms with Gasteiger partial charge in [-0.25, -0.2) is 0 Å². The van der Waals surface area contributed by atoms with E-state index in [1.165, 1.54) is 24.2 Å².